The molecule has 2 rings (SSSR count). The third-order valence-electron chi connectivity index (χ3n) is 2.85. The van der Waals surface area contributed by atoms with Crippen molar-refractivity contribution in [2.45, 2.75) is 51.6 Å². The molecule has 0 spiro atoms. The third-order valence-corrected chi connectivity index (χ3v) is 2.85. The van der Waals surface area contributed by atoms with Crippen molar-refractivity contribution in [2.75, 3.05) is 6.54 Å². The highest BCUT2D eigenvalue weighted by Gasteiger charge is 2.32. The maximum Gasteiger partial charge on any atom is 0.317 e. The number of aliphatic carboxylic acids is 1. The van der Waals surface area contributed by atoms with E-state index < -0.39 is 5.97 Å². The topological polar surface area (TPSA) is 79.5 Å². The predicted octanol–water partition coefficient (Wildman–Crippen LogP) is 1.42. The highest BCUT2D eigenvalue weighted by Crippen LogP contribution is 2.28. The summed E-state index contributed by atoms with van der Waals surface area (Å²) in [5.74, 6) is 0.258. The van der Waals surface area contributed by atoms with Crippen molar-refractivity contribution in [1.29, 1.82) is 0 Å². The first-order chi connectivity index (χ1) is 8.36. The quantitative estimate of drug-likeness (QED) is 0.854. The lowest BCUT2D eigenvalue weighted by Crippen LogP contribution is -2.31. The summed E-state index contributed by atoms with van der Waals surface area (Å²) in [6.45, 7) is 6.44. The van der Waals surface area contributed by atoms with Gasteiger partial charge in [0.2, 0.25) is 11.8 Å². The smallest absolute Gasteiger partial charge is 0.317 e. The molecule has 0 unspecified atom stereocenters. The Bertz CT molecular complexity index is 432. The Balaban J connectivity index is 2.02. The minimum atomic E-state index is -0.822. The van der Waals surface area contributed by atoms with Gasteiger partial charge in [0.05, 0.1) is 13.1 Å². The van der Waals surface area contributed by atoms with Crippen LogP contribution in [0.25, 0.3) is 0 Å². The van der Waals surface area contributed by atoms with E-state index >= 15 is 0 Å². The highest BCUT2D eigenvalue weighted by molar-refractivity contribution is 5.69. The van der Waals surface area contributed by atoms with Crippen molar-refractivity contribution in [3.8, 4) is 0 Å². The first kappa shape index (κ1) is 13.0. The Kier molecular flexibility index (Phi) is 3.38. The van der Waals surface area contributed by atoms with Gasteiger partial charge in [0, 0.05) is 11.5 Å². The number of carbonyl (C=O) groups is 1. The molecule has 1 aliphatic carbocycles. The molecule has 6 heteroatoms. The Morgan fingerprint density at radius 3 is 2.56 bits per heavy atom. The van der Waals surface area contributed by atoms with Crippen molar-refractivity contribution in [3.63, 3.8) is 0 Å². The van der Waals surface area contributed by atoms with Crippen LogP contribution in [0.15, 0.2) is 4.42 Å². The van der Waals surface area contributed by atoms with E-state index in [0.717, 1.165) is 12.8 Å². The van der Waals surface area contributed by atoms with Crippen LogP contribution in [0, 0.1) is 0 Å². The van der Waals surface area contributed by atoms with Crippen molar-refractivity contribution < 1.29 is 14.3 Å². The molecule has 0 amide bonds. The van der Waals surface area contributed by atoms with Gasteiger partial charge in [-0.15, -0.1) is 10.2 Å². The van der Waals surface area contributed by atoms with Crippen LogP contribution >= 0.6 is 0 Å². The first-order valence-corrected chi connectivity index (χ1v) is 6.15. The molecule has 6 nitrogen and oxygen atoms in total. The van der Waals surface area contributed by atoms with Gasteiger partial charge in [-0.1, -0.05) is 20.8 Å². The Hall–Kier alpha value is -1.43. The highest BCUT2D eigenvalue weighted by atomic mass is 16.4. The molecular formula is C12H19N3O3. The second-order valence-corrected chi connectivity index (χ2v) is 5.78. The number of rotatable bonds is 5. The maximum atomic E-state index is 10.8. The van der Waals surface area contributed by atoms with Crippen LogP contribution in [0.3, 0.4) is 0 Å². The second-order valence-electron chi connectivity index (χ2n) is 5.78. The normalized spacial score (nSPS) is 16.2. The van der Waals surface area contributed by atoms with E-state index in [1.165, 1.54) is 0 Å². The first-order valence-electron chi connectivity index (χ1n) is 6.15. The van der Waals surface area contributed by atoms with Crippen LogP contribution in [0.5, 0.6) is 0 Å². The molecule has 0 aliphatic heterocycles. The van der Waals surface area contributed by atoms with Crippen LogP contribution < -0.4 is 0 Å². The van der Waals surface area contributed by atoms with E-state index in [9.17, 15) is 4.79 Å². The average molecular weight is 253 g/mol. The number of carboxylic acids is 1. The van der Waals surface area contributed by atoms with Gasteiger partial charge in [0.1, 0.15) is 0 Å². The fourth-order valence-corrected chi connectivity index (χ4v) is 1.72. The number of aromatic nitrogens is 2. The van der Waals surface area contributed by atoms with Gasteiger partial charge in [-0.3, -0.25) is 9.69 Å². The fraction of sp³-hybridized carbons (Fsp3) is 0.750. The van der Waals surface area contributed by atoms with Crippen molar-refractivity contribution in [2.24, 2.45) is 0 Å². The Morgan fingerprint density at radius 2 is 2.11 bits per heavy atom. The van der Waals surface area contributed by atoms with Gasteiger partial charge >= 0.3 is 5.97 Å². The van der Waals surface area contributed by atoms with E-state index in [1.54, 1.807) is 0 Å². The molecule has 1 saturated carbocycles. The summed E-state index contributed by atoms with van der Waals surface area (Å²) in [4.78, 5) is 12.7. The SMILES string of the molecule is CC(C)(C)c1nnc(CN(CC(=O)O)C2CC2)o1. The summed E-state index contributed by atoms with van der Waals surface area (Å²) >= 11 is 0. The molecule has 1 aromatic heterocycles. The van der Waals surface area contributed by atoms with Crippen LogP contribution in [-0.4, -0.2) is 38.8 Å². The van der Waals surface area contributed by atoms with Crippen LogP contribution in [0.1, 0.15) is 45.4 Å². The zero-order valence-corrected chi connectivity index (χ0v) is 11.0. The summed E-state index contributed by atoms with van der Waals surface area (Å²) in [6, 6.07) is 0.353. The monoisotopic (exact) mass is 253 g/mol. The molecular weight excluding hydrogens is 234 g/mol. The summed E-state index contributed by atoms with van der Waals surface area (Å²) in [5, 5.41) is 16.9. The lowest BCUT2D eigenvalue weighted by Gasteiger charge is -2.17. The minimum Gasteiger partial charge on any atom is -0.480 e. The van der Waals surface area contributed by atoms with E-state index in [2.05, 4.69) is 10.2 Å². The molecule has 1 aliphatic rings. The Labute approximate surface area is 106 Å². The zero-order chi connectivity index (χ0) is 13.3. The summed E-state index contributed by atoms with van der Waals surface area (Å²) in [6.07, 6.45) is 2.10. The Morgan fingerprint density at radius 1 is 1.44 bits per heavy atom. The predicted molar refractivity (Wildman–Crippen MR) is 64.1 cm³/mol. The lowest BCUT2D eigenvalue weighted by molar-refractivity contribution is -0.138. The van der Waals surface area contributed by atoms with Crippen LogP contribution in [0.2, 0.25) is 0 Å². The zero-order valence-electron chi connectivity index (χ0n) is 11.0. The third kappa shape index (κ3) is 3.29. The lowest BCUT2D eigenvalue weighted by atomic mass is 9.97. The molecule has 1 N–H and O–H groups in total. The number of nitrogens with zero attached hydrogens (tertiary/aromatic N) is 3. The van der Waals surface area contributed by atoms with E-state index in [4.69, 9.17) is 9.52 Å². The van der Waals surface area contributed by atoms with E-state index in [1.807, 2.05) is 25.7 Å². The van der Waals surface area contributed by atoms with Gasteiger partial charge in [0.15, 0.2) is 0 Å². The molecule has 18 heavy (non-hydrogen) atoms. The standard InChI is InChI=1S/C12H19N3O3/c1-12(2,3)11-14-13-9(18-11)6-15(7-10(16)17)8-4-5-8/h8H,4-7H2,1-3H3,(H,16,17). The van der Waals surface area contributed by atoms with Gasteiger partial charge in [-0.25, -0.2) is 0 Å². The molecule has 0 saturated heterocycles. The van der Waals surface area contributed by atoms with Gasteiger partial charge < -0.3 is 9.52 Å². The van der Waals surface area contributed by atoms with Gasteiger partial charge in [-0.2, -0.15) is 0 Å². The molecule has 1 heterocycles. The molecule has 100 valence electrons. The summed E-state index contributed by atoms with van der Waals surface area (Å²) < 4.78 is 5.58. The summed E-state index contributed by atoms with van der Waals surface area (Å²) in [7, 11) is 0. The van der Waals surface area contributed by atoms with Gasteiger partial charge in [0.25, 0.3) is 0 Å². The molecule has 1 fully saturated rings. The molecule has 0 aromatic carbocycles. The fourth-order valence-electron chi connectivity index (χ4n) is 1.72. The van der Waals surface area contributed by atoms with Gasteiger partial charge in [-0.05, 0) is 12.8 Å². The van der Waals surface area contributed by atoms with Crippen molar-refractivity contribution >= 4 is 5.97 Å². The molecule has 0 radical (unpaired) electrons. The largest absolute Gasteiger partial charge is 0.480 e. The van der Waals surface area contributed by atoms with Crippen LogP contribution in [-0.2, 0) is 16.8 Å². The van der Waals surface area contributed by atoms with Crippen LogP contribution in [0.4, 0.5) is 0 Å². The number of hydrogen-bond donors (Lipinski definition) is 1. The van der Waals surface area contributed by atoms with E-state index in [-0.39, 0.29) is 12.0 Å². The number of carboxylic acid groups (broad SMARTS) is 1. The molecule has 0 bridgehead atoms. The molecule has 0 atom stereocenters. The number of hydrogen-bond acceptors (Lipinski definition) is 5. The second kappa shape index (κ2) is 4.68. The maximum absolute atomic E-state index is 10.8. The summed E-state index contributed by atoms with van der Waals surface area (Å²) in [5.41, 5.74) is -0.178. The minimum absolute atomic E-state index is 0.0257. The van der Waals surface area contributed by atoms with E-state index in [0.29, 0.717) is 24.4 Å². The van der Waals surface area contributed by atoms with Crippen molar-refractivity contribution in [3.05, 3.63) is 11.8 Å². The molecule has 1 aromatic rings. The van der Waals surface area contributed by atoms with Crippen molar-refractivity contribution in [1.82, 2.24) is 15.1 Å². The average Bonchev–Trinajstić information content (AvgIpc) is 2.96.